The average molecular weight is 338 g/mol. The van der Waals surface area contributed by atoms with E-state index in [1.165, 1.54) is 5.56 Å². The summed E-state index contributed by atoms with van der Waals surface area (Å²) in [5.74, 6) is 1.01. The highest BCUT2D eigenvalue weighted by Gasteiger charge is 2.34. The predicted octanol–water partition coefficient (Wildman–Crippen LogP) is 4.69. The molecule has 0 aliphatic heterocycles. The third-order valence-corrected chi connectivity index (χ3v) is 6.62. The molecule has 1 aliphatic carbocycles. The van der Waals surface area contributed by atoms with Crippen LogP contribution in [0.4, 0.5) is 0 Å². The minimum absolute atomic E-state index is 0.0352. The lowest BCUT2D eigenvalue weighted by Crippen LogP contribution is -2.42. The van der Waals surface area contributed by atoms with Crippen LogP contribution in [0.1, 0.15) is 71.8 Å². The second-order valence-corrected chi connectivity index (χ2v) is 9.82. The van der Waals surface area contributed by atoms with Crippen LogP contribution in [0, 0.1) is 11.3 Å². The van der Waals surface area contributed by atoms with E-state index in [0.717, 1.165) is 25.7 Å². The van der Waals surface area contributed by atoms with Gasteiger partial charge in [0.15, 0.2) is 0 Å². The fraction of sp³-hybridized carbons (Fsp3) is 0.684. The van der Waals surface area contributed by atoms with Crippen molar-refractivity contribution in [2.75, 3.05) is 0 Å². The molecule has 0 saturated heterocycles. The lowest BCUT2D eigenvalue weighted by Gasteiger charge is -2.39. The molecule has 0 heterocycles. The van der Waals surface area contributed by atoms with Crippen molar-refractivity contribution >= 4 is 10.0 Å². The summed E-state index contributed by atoms with van der Waals surface area (Å²) < 4.78 is 28.2. The minimum Gasteiger partial charge on any atom is -0.208 e. The zero-order chi connectivity index (χ0) is 17.3. The Kier molecular flexibility index (Phi) is 5.57. The molecule has 0 bridgehead atoms. The van der Waals surface area contributed by atoms with Crippen molar-refractivity contribution < 1.29 is 8.42 Å². The van der Waals surface area contributed by atoms with Gasteiger partial charge in [-0.15, -0.1) is 0 Å². The molecule has 1 aromatic carbocycles. The van der Waals surface area contributed by atoms with Gasteiger partial charge in [-0.25, -0.2) is 13.1 Å². The Labute approximate surface area is 141 Å². The second kappa shape index (κ2) is 6.94. The Hall–Kier alpha value is -0.870. The number of hydrogen-bond donors (Lipinski definition) is 1. The molecule has 3 unspecified atom stereocenters. The molecule has 3 atom stereocenters. The first kappa shape index (κ1) is 18.5. The SMILES string of the molecule is CCC(C)c1ccc(S(=O)(=O)NC2CC(C)CC(C)(C)C2)cc1. The summed E-state index contributed by atoms with van der Waals surface area (Å²) >= 11 is 0. The maximum absolute atomic E-state index is 12.7. The summed E-state index contributed by atoms with van der Waals surface area (Å²) in [6, 6.07) is 7.39. The Balaban J connectivity index is 2.12. The van der Waals surface area contributed by atoms with Crippen LogP contribution in [-0.2, 0) is 10.0 Å². The highest BCUT2D eigenvalue weighted by Crippen LogP contribution is 2.38. The first-order chi connectivity index (χ1) is 10.6. The van der Waals surface area contributed by atoms with Crippen LogP contribution >= 0.6 is 0 Å². The summed E-state index contributed by atoms with van der Waals surface area (Å²) in [4.78, 5) is 0.376. The third-order valence-electron chi connectivity index (χ3n) is 5.08. The van der Waals surface area contributed by atoms with Gasteiger partial charge in [0.25, 0.3) is 0 Å². The first-order valence-corrected chi connectivity index (χ1v) is 10.2. The molecule has 0 radical (unpaired) electrons. The minimum atomic E-state index is -3.43. The molecule has 1 aromatic rings. The molecular weight excluding hydrogens is 306 g/mol. The van der Waals surface area contributed by atoms with Crippen molar-refractivity contribution in [3.8, 4) is 0 Å². The molecule has 1 fully saturated rings. The molecule has 2 rings (SSSR count). The van der Waals surface area contributed by atoms with Crippen molar-refractivity contribution in [2.24, 2.45) is 11.3 Å². The van der Waals surface area contributed by atoms with Crippen LogP contribution in [-0.4, -0.2) is 14.5 Å². The molecule has 3 nitrogen and oxygen atoms in total. The fourth-order valence-corrected chi connectivity index (χ4v) is 5.18. The van der Waals surface area contributed by atoms with E-state index in [0.29, 0.717) is 16.7 Å². The van der Waals surface area contributed by atoms with Gasteiger partial charge >= 0.3 is 0 Å². The second-order valence-electron chi connectivity index (χ2n) is 8.11. The fourth-order valence-electron chi connectivity index (χ4n) is 3.93. The van der Waals surface area contributed by atoms with Crippen molar-refractivity contribution in [3.05, 3.63) is 29.8 Å². The zero-order valence-corrected chi connectivity index (χ0v) is 15.9. The van der Waals surface area contributed by atoms with E-state index in [9.17, 15) is 8.42 Å². The van der Waals surface area contributed by atoms with Crippen LogP contribution < -0.4 is 4.72 Å². The Morgan fingerprint density at radius 3 is 2.35 bits per heavy atom. The lowest BCUT2D eigenvalue weighted by molar-refractivity contribution is 0.163. The smallest absolute Gasteiger partial charge is 0.208 e. The standard InChI is InChI=1S/C19H31NO2S/c1-6-15(3)16-7-9-18(10-8-16)23(21,22)20-17-11-14(2)12-19(4,5)13-17/h7-10,14-15,17,20H,6,11-13H2,1-5H3. The van der Waals surface area contributed by atoms with Crippen LogP contribution in [0.2, 0.25) is 0 Å². The van der Waals surface area contributed by atoms with Gasteiger partial charge in [-0.3, -0.25) is 0 Å². The third kappa shape index (κ3) is 4.80. The monoisotopic (exact) mass is 337 g/mol. The first-order valence-electron chi connectivity index (χ1n) is 8.75. The highest BCUT2D eigenvalue weighted by molar-refractivity contribution is 7.89. The van der Waals surface area contributed by atoms with E-state index >= 15 is 0 Å². The van der Waals surface area contributed by atoms with Gasteiger partial charge in [0, 0.05) is 6.04 Å². The van der Waals surface area contributed by atoms with Gasteiger partial charge < -0.3 is 0 Å². The van der Waals surface area contributed by atoms with E-state index in [1.54, 1.807) is 12.1 Å². The summed E-state index contributed by atoms with van der Waals surface area (Å²) in [5.41, 5.74) is 1.39. The molecule has 1 aliphatic rings. The number of hydrogen-bond acceptors (Lipinski definition) is 2. The predicted molar refractivity (Wildman–Crippen MR) is 96.1 cm³/mol. The van der Waals surface area contributed by atoms with E-state index in [1.807, 2.05) is 12.1 Å². The molecule has 0 spiro atoms. The number of rotatable bonds is 5. The van der Waals surface area contributed by atoms with Crippen molar-refractivity contribution in [1.29, 1.82) is 0 Å². The van der Waals surface area contributed by atoms with E-state index < -0.39 is 10.0 Å². The Morgan fingerprint density at radius 2 is 1.83 bits per heavy atom. The Morgan fingerprint density at radius 1 is 1.22 bits per heavy atom. The molecule has 1 saturated carbocycles. The quantitative estimate of drug-likeness (QED) is 0.847. The van der Waals surface area contributed by atoms with Crippen LogP contribution in [0.5, 0.6) is 0 Å². The number of benzene rings is 1. The molecule has 130 valence electrons. The largest absolute Gasteiger partial charge is 0.240 e. The number of nitrogens with one attached hydrogen (secondary N) is 1. The van der Waals surface area contributed by atoms with E-state index in [4.69, 9.17) is 0 Å². The molecular formula is C19H31NO2S. The van der Waals surface area contributed by atoms with E-state index in [2.05, 4.69) is 39.3 Å². The Bertz CT molecular complexity index is 619. The summed E-state index contributed by atoms with van der Waals surface area (Å²) in [6.07, 6.45) is 4.04. The zero-order valence-electron chi connectivity index (χ0n) is 15.1. The van der Waals surface area contributed by atoms with Crippen LogP contribution in [0.15, 0.2) is 29.2 Å². The maximum atomic E-state index is 12.7. The molecule has 0 aromatic heterocycles. The van der Waals surface area contributed by atoms with Gasteiger partial charge in [-0.05, 0) is 60.6 Å². The average Bonchev–Trinajstić information content (AvgIpc) is 2.43. The van der Waals surface area contributed by atoms with Crippen molar-refractivity contribution in [3.63, 3.8) is 0 Å². The van der Waals surface area contributed by atoms with Crippen LogP contribution in [0.25, 0.3) is 0 Å². The number of sulfonamides is 1. The van der Waals surface area contributed by atoms with Crippen molar-refractivity contribution in [1.82, 2.24) is 4.72 Å². The summed E-state index contributed by atoms with van der Waals surface area (Å²) in [7, 11) is -3.43. The molecule has 23 heavy (non-hydrogen) atoms. The van der Waals surface area contributed by atoms with Gasteiger partial charge in [0.05, 0.1) is 4.90 Å². The summed E-state index contributed by atoms with van der Waals surface area (Å²) in [6.45, 7) is 11.0. The van der Waals surface area contributed by atoms with Crippen molar-refractivity contribution in [2.45, 2.75) is 77.2 Å². The summed E-state index contributed by atoms with van der Waals surface area (Å²) in [5, 5.41) is 0. The van der Waals surface area contributed by atoms with Gasteiger partial charge in [-0.1, -0.05) is 46.8 Å². The highest BCUT2D eigenvalue weighted by atomic mass is 32.2. The molecule has 0 amide bonds. The van der Waals surface area contributed by atoms with Gasteiger partial charge in [-0.2, -0.15) is 0 Å². The normalized spacial score (nSPS) is 26.0. The van der Waals surface area contributed by atoms with Crippen LogP contribution in [0.3, 0.4) is 0 Å². The van der Waals surface area contributed by atoms with Gasteiger partial charge in [0.2, 0.25) is 10.0 Å². The molecule has 1 N–H and O–H groups in total. The maximum Gasteiger partial charge on any atom is 0.240 e. The van der Waals surface area contributed by atoms with E-state index in [-0.39, 0.29) is 11.5 Å². The molecule has 4 heteroatoms. The van der Waals surface area contributed by atoms with Gasteiger partial charge in [0.1, 0.15) is 0 Å². The lowest BCUT2D eigenvalue weighted by atomic mass is 9.71. The topological polar surface area (TPSA) is 46.2 Å².